The Hall–Kier alpha value is -5.04. The molecular formula is C31H26N2O5. The lowest BCUT2D eigenvalue weighted by atomic mass is 10.1. The molecular weight excluding hydrogens is 480 g/mol. The predicted octanol–water partition coefficient (Wildman–Crippen LogP) is 6.93. The fraction of sp³-hybridized carbons (Fsp3) is 0.0968. The first kappa shape index (κ1) is 24.6. The van der Waals surface area contributed by atoms with E-state index in [1.54, 1.807) is 30.9 Å². The van der Waals surface area contributed by atoms with Crippen molar-refractivity contribution in [1.29, 1.82) is 0 Å². The number of pyridine rings is 1. The number of hydrogen-bond acceptors (Lipinski definition) is 5. The number of benzene rings is 3. The number of methoxy groups -OCH3 is 1. The first-order valence-corrected chi connectivity index (χ1v) is 12.0. The molecule has 0 aliphatic carbocycles. The van der Waals surface area contributed by atoms with Crippen molar-refractivity contribution in [1.82, 2.24) is 9.55 Å². The van der Waals surface area contributed by atoms with Gasteiger partial charge in [-0.2, -0.15) is 0 Å². The van der Waals surface area contributed by atoms with Gasteiger partial charge in [0.2, 0.25) is 0 Å². The Morgan fingerprint density at radius 1 is 0.842 bits per heavy atom. The summed E-state index contributed by atoms with van der Waals surface area (Å²) in [6.45, 7) is 2.14. The molecule has 1 N–H and O–H groups in total. The van der Waals surface area contributed by atoms with Gasteiger partial charge < -0.3 is 23.9 Å². The second-order valence-electron chi connectivity index (χ2n) is 8.58. The maximum absolute atomic E-state index is 11.4. The zero-order valence-corrected chi connectivity index (χ0v) is 21.0. The van der Waals surface area contributed by atoms with Crippen molar-refractivity contribution in [2.24, 2.45) is 0 Å². The minimum atomic E-state index is -0.962. The molecule has 2 heterocycles. The van der Waals surface area contributed by atoms with Gasteiger partial charge in [-0.05, 0) is 79.2 Å². The van der Waals surface area contributed by atoms with E-state index in [0.29, 0.717) is 23.9 Å². The molecule has 0 aliphatic heterocycles. The van der Waals surface area contributed by atoms with E-state index in [1.807, 2.05) is 91.0 Å². The van der Waals surface area contributed by atoms with Crippen molar-refractivity contribution >= 4 is 5.97 Å². The molecule has 0 radical (unpaired) electrons. The van der Waals surface area contributed by atoms with E-state index in [9.17, 15) is 9.90 Å². The van der Waals surface area contributed by atoms with E-state index in [0.717, 1.165) is 34.1 Å². The third-order valence-electron chi connectivity index (χ3n) is 6.13. The summed E-state index contributed by atoms with van der Waals surface area (Å²) >= 11 is 0. The molecule has 0 aliphatic rings. The van der Waals surface area contributed by atoms with Crippen molar-refractivity contribution in [3.8, 4) is 40.1 Å². The normalized spacial score (nSPS) is 10.7. The average molecular weight is 507 g/mol. The number of carboxylic acids is 1. The third kappa shape index (κ3) is 5.37. The van der Waals surface area contributed by atoms with E-state index >= 15 is 0 Å². The number of hydrogen-bond donors (Lipinski definition) is 1. The molecule has 0 atom stereocenters. The summed E-state index contributed by atoms with van der Waals surface area (Å²) < 4.78 is 19.0. The highest BCUT2D eigenvalue weighted by molar-refractivity contribution is 5.89. The van der Waals surface area contributed by atoms with E-state index in [-0.39, 0.29) is 5.56 Å². The molecule has 0 unspecified atom stereocenters. The maximum atomic E-state index is 11.4. The Morgan fingerprint density at radius 3 is 2.21 bits per heavy atom. The lowest BCUT2D eigenvalue weighted by Gasteiger charge is -2.13. The van der Waals surface area contributed by atoms with Gasteiger partial charge in [0, 0.05) is 17.5 Å². The number of aromatic nitrogens is 2. The van der Waals surface area contributed by atoms with Crippen molar-refractivity contribution in [2.75, 3.05) is 7.11 Å². The quantitative estimate of drug-likeness (QED) is 0.234. The van der Waals surface area contributed by atoms with E-state index in [4.69, 9.17) is 19.2 Å². The third-order valence-corrected chi connectivity index (χ3v) is 6.13. The number of carbonyl (C=O) groups is 1. The fourth-order valence-corrected chi connectivity index (χ4v) is 4.09. The first-order valence-electron chi connectivity index (χ1n) is 12.0. The summed E-state index contributed by atoms with van der Waals surface area (Å²) in [6, 6.07) is 30.1. The largest absolute Gasteiger partial charge is 0.497 e. The van der Waals surface area contributed by atoms with Crippen LogP contribution in [-0.4, -0.2) is 27.7 Å². The first-order chi connectivity index (χ1) is 18.5. The molecule has 0 saturated heterocycles. The number of para-hydroxylation sites is 1. The fourth-order valence-electron chi connectivity index (χ4n) is 4.09. The molecule has 5 aromatic rings. The summed E-state index contributed by atoms with van der Waals surface area (Å²) in [4.78, 5) is 16.2. The Bertz CT molecular complexity index is 1560. The number of nitrogens with zero attached hydrogens (tertiary/aromatic N) is 2. The van der Waals surface area contributed by atoms with Gasteiger partial charge in [-0.25, -0.2) is 9.78 Å². The highest BCUT2D eigenvalue weighted by Gasteiger charge is 2.14. The molecule has 190 valence electrons. The lowest BCUT2D eigenvalue weighted by molar-refractivity contribution is 0.0696. The summed E-state index contributed by atoms with van der Waals surface area (Å²) in [5.74, 6) is 2.61. The van der Waals surface area contributed by atoms with Crippen LogP contribution in [0.3, 0.4) is 0 Å². The summed E-state index contributed by atoms with van der Waals surface area (Å²) in [5.41, 5.74) is 3.43. The molecule has 2 aromatic heterocycles. The molecule has 0 fully saturated rings. The number of carboxylic acid groups (broad SMARTS) is 1. The lowest BCUT2D eigenvalue weighted by Crippen LogP contribution is -2.03. The SMILES string of the molecule is COc1ccc(Oc2ccc(COc3ccccc3-c3cccc(-n4ccc(C(=O)O)c4C)n3)cc2)cc1. The van der Waals surface area contributed by atoms with E-state index in [2.05, 4.69) is 0 Å². The van der Waals surface area contributed by atoms with Gasteiger partial charge in [-0.3, -0.25) is 0 Å². The molecule has 0 bridgehead atoms. The van der Waals surface area contributed by atoms with E-state index < -0.39 is 5.97 Å². The van der Waals surface area contributed by atoms with Gasteiger partial charge in [0.25, 0.3) is 0 Å². The van der Waals surface area contributed by atoms with Crippen molar-refractivity contribution in [3.05, 3.63) is 120 Å². The summed E-state index contributed by atoms with van der Waals surface area (Å²) in [7, 11) is 1.63. The molecule has 5 rings (SSSR count). The maximum Gasteiger partial charge on any atom is 0.337 e. The van der Waals surface area contributed by atoms with Crippen LogP contribution in [0, 0.1) is 6.92 Å². The highest BCUT2D eigenvalue weighted by atomic mass is 16.5. The molecule has 0 amide bonds. The second kappa shape index (κ2) is 10.9. The smallest absolute Gasteiger partial charge is 0.337 e. The van der Waals surface area contributed by atoms with Gasteiger partial charge in [0.1, 0.15) is 35.4 Å². The van der Waals surface area contributed by atoms with Gasteiger partial charge in [-0.1, -0.05) is 30.3 Å². The molecule has 38 heavy (non-hydrogen) atoms. The Balaban J connectivity index is 1.30. The molecule has 0 saturated carbocycles. The van der Waals surface area contributed by atoms with Crippen LogP contribution >= 0.6 is 0 Å². The molecule has 3 aromatic carbocycles. The van der Waals surface area contributed by atoms with Crippen LogP contribution < -0.4 is 14.2 Å². The van der Waals surface area contributed by atoms with Gasteiger partial charge in [0.05, 0.1) is 18.4 Å². The van der Waals surface area contributed by atoms with Crippen LogP contribution in [-0.2, 0) is 6.61 Å². The van der Waals surface area contributed by atoms with Gasteiger partial charge in [-0.15, -0.1) is 0 Å². The molecule has 7 heteroatoms. The van der Waals surface area contributed by atoms with Crippen molar-refractivity contribution < 1.29 is 24.1 Å². The van der Waals surface area contributed by atoms with Crippen LogP contribution in [0.5, 0.6) is 23.0 Å². The van der Waals surface area contributed by atoms with Crippen LogP contribution in [0.25, 0.3) is 17.1 Å². The minimum absolute atomic E-state index is 0.251. The van der Waals surface area contributed by atoms with Crippen LogP contribution in [0.1, 0.15) is 21.6 Å². The second-order valence-corrected chi connectivity index (χ2v) is 8.58. The average Bonchev–Trinajstić information content (AvgIpc) is 3.35. The van der Waals surface area contributed by atoms with Gasteiger partial charge >= 0.3 is 5.97 Å². The Kier molecular flexibility index (Phi) is 7.08. The topological polar surface area (TPSA) is 82.8 Å². The minimum Gasteiger partial charge on any atom is -0.497 e. The number of rotatable bonds is 9. The Labute approximate surface area is 220 Å². The van der Waals surface area contributed by atoms with Crippen molar-refractivity contribution in [2.45, 2.75) is 13.5 Å². The van der Waals surface area contributed by atoms with Crippen LogP contribution in [0.4, 0.5) is 0 Å². The summed E-state index contributed by atoms with van der Waals surface area (Å²) in [6.07, 6.45) is 1.72. The molecule has 0 spiro atoms. The molecule has 7 nitrogen and oxygen atoms in total. The standard InChI is InChI=1S/C31H26N2O5/c1-21-26(31(34)35)18-19-33(21)30-9-5-7-28(32-30)27-6-3-4-8-29(27)37-20-22-10-12-24(13-11-22)38-25-16-14-23(36-2)15-17-25/h3-19H,20H2,1-2H3,(H,34,35). The zero-order valence-electron chi connectivity index (χ0n) is 21.0. The Morgan fingerprint density at radius 2 is 1.53 bits per heavy atom. The van der Waals surface area contributed by atoms with Crippen molar-refractivity contribution in [3.63, 3.8) is 0 Å². The zero-order chi connectivity index (χ0) is 26.5. The number of aromatic carboxylic acids is 1. The summed E-state index contributed by atoms with van der Waals surface area (Å²) in [5, 5.41) is 9.39. The van der Waals surface area contributed by atoms with E-state index in [1.165, 1.54) is 0 Å². The van der Waals surface area contributed by atoms with Crippen LogP contribution in [0.2, 0.25) is 0 Å². The number of ether oxygens (including phenoxy) is 3. The monoisotopic (exact) mass is 506 g/mol. The predicted molar refractivity (Wildman–Crippen MR) is 145 cm³/mol. The van der Waals surface area contributed by atoms with Crippen LogP contribution in [0.15, 0.2) is 103 Å². The highest BCUT2D eigenvalue weighted by Crippen LogP contribution is 2.30. The van der Waals surface area contributed by atoms with Gasteiger partial charge in [0.15, 0.2) is 0 Å².